The van der Waals surface area contributed by atoms with Crippen LogP contribution in [-0.4, -0.2) is 34.6 Å². The number of benzene rings is 1. The summed E-state index contributed by atoms with van der Waals surface area (Å²) < 4.78 is 83.4. The lowest BCUT2D eigenvalue weighted by Crippen LogP contribution is -2.27. The van der Waals surface area contributed by atoms with Gasteiger partial charge in [-0.2, -0.15) is 13.2 Å². The maximum absolute atomic E-state index is 11.9. The molecule has 6 nitrogen and oxygen atoms in total. The first kappa shape index (κ1) is 18.2. The standard InChI is InChI=1S/C9H11F3N2O4S3/c10-9(11,12)19-5-4-14-21(17,18)8-3-1-2-7(6-8)20(13,15)16/h1-3,6,14H,4-5H2,(H2,13,15,16). The molecule has 0 unspecified atom stereocenters. The van der Waals surface area contributed by atoms with Gasteiger partial charge in [0.1, 0.15) is 0 Å². The molecule has 0 fully saturated rings. The minimum absolute atomic E-state index is 0.366. The number of rotatable bonds is 6. The molecule has 0 heterocycles. The van der Waals surface area contributed by atoms with Gasteiger partial charge < -0.3 is 0 Å². The van der Waals surface area contributed by atoms with Crippen molar-refractivity contribution < 1.29 is 30.0 Å². The van der Waals surface area contributed by atoms with Gasteiger partial charge in [-0.25, -0.2) is 26.7 Å². The number of hydrogen-bond donors (Lipinski definition) is 2. The SMILES string of the molecule is NS(=O)(=O)c1cccc(S(=O)(=O)NCCSC(F)(F)F)c1. The van der Waals surface area contributed by atoms with Crippen LogP contribution in [-0.2, 0) is 20.0 Å². The highest BCUT2D eigenvalue weighted by Crippen LogP contribution is 2.29. The zero-order chi connectivity index (χ0) is 16.3. The van der Waals surface area contributed by atoms with E-state index in [9.17, 15) is 30.0 Å². The van der Waals surface area contributed by atoms with E-state index in [0.29, 0.717) is 0 Å². The zero-order valence-corrected chi connectivity index (χ0v) is 12.7. The summed E-state index contributed by atoms with van der Waals surface area (Å²) in [6.07, 6.45) is 0. The molecular weight excluding hydrogens is 353 g/mol. The number of hydrogen-bond acceptors (Lipinski definition) is 5. The van der Waals surface area contributed by atoms with Crippen molar-refractivity contribution in [1.29, 1.82) is 0 Å². The van der Waals surface area contributed by atoms with Crippen molar-refractivity contribution in [3.63, 3.8) is 0 Å². The second-order valence-corrected chi connectivity index (χ2v) is 8.20. The normalized spacial score (nSPS) is 13.3. The first-order valence-electron chi connectivity index (χ1n) is 5.25. The minimum Gasteiger partial charge on any atom is -0.225 e. The van der Waals surface area contributed by atoms with E-state index < -0.39 is 47.6 Å². The fourth-order valence-corrected chi connectivity index (χ4v) is 3.52. The Morgan fingerprint density at radius 3 is 2.24 bits per heavy atom. The lowest BCUT2D eigenvalue weighted by atomic mass is 10.4. The maximum Gasteiger partial charge on any atom is 0.441 e. The van der Waals surface area contributed by atoms with Gasteiger partial charge in [-0.05, 0) is 30.0 Å². The fraction of sp³-hybridized carbons (Fsp3) is 0.333. The summed E-state index contributed by atoms with van der Waals surface area (Å²) in [7, 11) is -8.19. The number of primary sulfonamides is 1. The second-order valence-electron chi connectivity index (χ2n) is 3.71. The van der Waals surface area contributed by atoms with E-state index in [1.54, 1.807) is 0 Å². The van der Waals surface area contributed by atoms with Crippen molar-refractivity contribution >= 4 is 31.8 Å². The average molecular weight is 364 g/mol. The van der Waals surface area contributed by atoms with Gasteiger partial charge in [0.25, 0.3) is 0 Å². The first-order valence-corrected chi connectivity index (χ1v) is 9.26. The van der Waals surface area contributed by atoms with Crippen molar-refractivity contribution in [2.75, 3.05) is 12.3 Å². The Bertz CT molecular complexity index is 701. The van der Waals surface area contributed by atoms with Gasteiger partial charge in [-0.3, -0.25) is 0 Å². The molecule has 120 valence electrons. The molecule has 0 radical (unpaired) electrons. The summed E-state index contributed by atoms with van der Waals surface area (Å²) in [5, 5.41) is 4.87. The Kier molecular flexibility index (Phi) is 5.66. The minimum atomic E-state index is -4.45. The highest BCUT2D eigenvalue weighted by atomic mass is 32.2. The lowest BCUT2D eigenvalue weighted by Gasteiger charge is -2.08. The van der Waals surface area contributed by atoms with Gasteiger partial charge in [0.05, 0.1) is 9.79 Å². The quantitative estimate of drug-likeness (QED) is 0.729. The molecule has 0 aromatic heterocycles. The summed E-state index contributed by atoms with van der Waals surface area (Å²) in [6.45, 7) is -0.452. The van der Waals surface area contributed by atoms with Crippen LogP contribution in [0.3, 0.4) is 0 Å². The highest BCUT2D eigenvalue weighted by Gasteiger charge is 2.27. The third-order valence-electron chi connectivity index (χ3n) is 2.10. The van der Waals surface area contributed by atoms with Crippen LogP contribution >= 0.6 is 11.8 Å². The van der Waals surface area contributed by atoms with Crippen LogP contribution in [0, 0.1) is 0 Å². The van der Waals surface area contributed by atoms with E-state index in [-0.39, 0.29) is 11.8 Å². The number of alkyl halides is 3. The van der Waals surface area contributed by atoms with Crippen molar-refractivity contribution in [2.24, 2.45) is 5.14 Å². The highest BCUT2D eigenvalue weighted by molar-refractivity contribution is 8.00. The monoisotopic (exact) mass is 364 g/mol. The number of nitrogens with two attached hydrogens (primary N) is 1. The van der Waals surface area contributed by atoms with Crippen molar-refractivity contribution in [1.82, 2.24) is 4.72 Å². The van der Waals surface area contributed by atoms with Gasteiger partial charge >= 0.3 is 5.51 Å². The van der Waals surface area contributed by atoms with Crippen LogP contribution in [0.25, 0.3) is 0 Å². The van der Waals surface area contributed by atoms with E-state index in [1.807, 2.05) is 4.72 Å². The molecule has 1 rings (SSSR count). The van der Waals surface area contributed by atoms with Crippen LogP contribution in [0.2, 0.25) is 0 Å². The molecule has 0 spiro atoms. The van der Waals surface area contributed by atoms with Crippen LogP contribution in [0.5, 0.6) is 0 Å². The second kappa shape index (κ2) is 6.52. The fourth-order valence-electron chi connectivity index (χ4n) is 1.24. The summed E-state index contributed by atoms with van der Waals surface area (Å²) in [4.78, 5) is -0.805. The van der Waals surface area contributed by atoms with Gasteiger partial charge in [0.15, 0.2) is 0 Å². The largest absolute Gasteiger partial charge is 0.441 e. The number of nitrogens with one attached hydrogen (secondary N) is 1. The Labute approximate surface area is 124 Å². The molecule has 0 saturated carbocycles. The molecule has 0 aliphatic rings. The molecule has 0 bridgehead atoms. The third-order valence-corrected chi connectivity index (χ3v) is 5.21. The Morgan fingerprint density at radius 1 is 1.14 bits per heavy atom. The lowest BCUT2D eigenvalue weighted by molar-refractivity contribution is -0.0327. The van der Waals surface area contributed by atoms with Crippen LogP contribution in [0.4, 0.5) is 13.2 Å². The van der Waals surface area contributed by atoms with E-state index in [2.05, 4.69) is 0 Å². The molecule has 21 heavy (non-hydrogen) atoms. The zero-order valence-electron chi connectivity index (χ0n) is 10.3. The first-order chi connectivity index (χ1) is 9.42. The van der Waals surface area contributed by atoms with E-state index >= 15 is 0 Å². The number of thioether (sulfide) groups is 1. The molecule has 1 aromatic rings. The van der Waals surface area contributed by atoms with E-state index in [1.165, 1.54) is 6.07 Å². The van der Waals surface area contributed by atoms with Gasteiger partial charge in [-0.1, -0.05) is 6.07 Å². The van der Waals surface area contributed by atoms with E-state index in [0.717, 1.165) is 18.2 Å². The van der Waals surface area contributed by atoms with Crippen LogP contribution in [0.1, 0.15) is 0 Å². The Hall–Kier alpha value is -0.820. The molecular formula is C9H11F3N2O4S3. The Balaban J connectivity index is 2.80. The molecule has 0 amide bonds. The van der Waals surface area contributed by atoms with Gasteiger partial charge in [0.2, 0.25) is 20.0 Å². The summed E-state index contributed by atoms with van der Waals surface area (Å²) in [5.41, 5.74) is -4.45. The predicted molar refractivity (Wildman–Crippen MR) is 71.5 cm³/mol. The molecule has 1 aromatic carbocycles. The van der Waals surface area contributed by atoms with Gasteiger partial charge in [0, 0.05) is 12.3 Å². The van der Waals surface area contributed by atoms with Crippen molar-refractivity contribution in [3.8, 4) is 0 Å². The summed E-state index contributed by atoms with van der Waals surface area (Å²) in [6, 6.07) is 4.20. The molecule has 0 aliphatic heterocycles. The smallest absolute Gasteiger partial charge is 0.225 e. The average Bonchev–Trinajstić information content (AvgIpc) is 2.33. The van der Waals surface area contributed by atoms with E-state index in [4.69, 9.17) is 5.14 Å². The van der Waals surface area contributed by atoms with Crippen LogP contribution in [0.15, 0.2) is 34.1 Å². The van der Waals surface area contributed by atoms with Crippen molar-refractivity contribution in [3.05, 3.63) is 24.3 Å². The third kappa shape index (κ3) is 6.22. The molecule has 0 aliphatic carbocycles. The maximum atomic E-state index is 11.9. The Morgan fingerprint density at radius 2 is 1.71 bits per heavy atom. The van der Waals surface area contributed by atoms with Gasteiger partial charge in [-0.15, -0.1) is 0 Å². The molecule has 0 atom stereocenters. The predicted octanol–water partition coefficient (Wildman–Crippen LogP) is 0.865. The van der Waals surface area contributed by atoms with Crippen LogP contribution < -0.4 is 9.86 Å². The number of halogens is 3. The number of sulfonamides is 2. The summed E-state index contributed by atoms with van der Waals surface area (Å²) >= 11 is -0.366. The molecule has 0 saturated heterocycles. The molecule has 3 N–H and O–H groups in total. The van der Waals surface area contributed by atoms with Crippen molar-refractivity contribution in [2.45, 2.75) is 15.3 Å². The summed E-state index contributed by atoms with van der Waals surface area (Å²) in [5.74, 6) is -0.502. The topological polar surface area (TPSA) is 106 Å². The molecule has 12 heteroatoms.